The first-order valence-electron chi connectivity index (χ1n) is 8.03. The minimum Gasteiger partial charge on any atom is -0.412 e. The van der Waals surface area contributed by atoms with E-state index in [-0.39, 0.29) is 11.8 Å². The molecule has 0 saturated carbocycles. The number of benzene rings is 2. The molecule has 4 rings (SSSR count). The summed E-state index contributed by atoms with van der Waals surface area (Å²) < 4.78 is 5.63. The van der Waals surface area contributed by atoms with Crippen LogP contribution in [0, 0.1) is 6.92 Å². The molecular weight excluding hydrogens is 302 g/mol. The number of carbonyl (C=O) groups excluding carboxylic acids is 1. The van der Waals surface area contributed by atoms with Crippen molar-refractivity contribution in [3.05, 3.63) is 65.5 Å². The highest BCUT2D eigenvalue weighted by Gasteiger charge is 2.27. The minimum absolute atomic E-state index is 0.0299. The predicted octanol–water partition coefficient (Wildman–Crippen LogP) is 3.64. The first-order valence-corrected chi connectivity index (χ1v) is 8.03. The molecular formula is C19H17N3O2. The van der Waals surface area contributed by atoms with Crippen molar-refractivity contribution < 1.29 is 9.21 Å². The molecule has 0 unspecified atom stereocenters. The van der Waals surface area contributed by atoms with Crippen molar-refractivity contribution in [3.63, 3.8) is 0 Å². The van der Waals surface area contributed by atoms with Crippen molar-refractivity contribution in [2.75, 3.05) is 11.4 Å². The Morgan fingerprint density at radius 2 is 1.88 bits per heavy atom. The van der Waals surface area contributed by atoms with Crippen LogP contribution in [0.15, 0.2) is 52.9 Å². The Balaban J connectivity index is 1.63. The van der Waals surface area contributed by atoms with Crippen molar-refractivity contribution in [2.45, 2.75) is 19.8 Å². The Bertz CT molecular complexity index is 884. The van der Waals surface area contributed by atoms with E-state index in [1.807, 2.05) is 49.4 Å². The number of nitrogens with zero attached hydrogens (tertiary/aromatic N) is 3. The summed E-state index contributed by atoms with van der Waals surface area (Å²) in [5, 5.41) is 7.98. The number of rotatable bonds is 2. The lowest BCUT2D eigenvalue weighted by molar-refractivity contribution is 0.0952. The highest BCUT2D eigenvalue weighted by atomic mass is 16.4. The molecule has 5 nitrogen and oxygen atoms in total. The number of aromatic nitrogens is 2. The maximum atomic E-state index is 12.8. The maximum Gasteiger partial charge on any atom is 0.315 e. The molecule has 1 aliphatic heterocycles. The number of carbonyl (C=O) groups is 1. The lowest BCUT2D eigenvalue weighted by Crippen LogP contribution is -2.35. The van der Waals surface area contributed by atoms with Crippen LogP contribution in [0.1, 0.15) is 28.2 Å². The molecule has 0 spiro atoms. The number of aryl methyl sites for hydroxylation is 2. The lowest BCUT2D eigenvalue weighted by Gasteiger charge is -2.28. The van der Waals surface area contributed by atoms with Gasteiger partial charge in [-0.15, -0.1) is 10.2 Å². The third kappa shape index (κ3) is 2.58. The first-order chi connectivity index (χ1) is 11.7. The predicted molar refractivity (Wildman–Crippen MR) is 90.9 cm³/mol. The molecule has 0 saturated heterocycles. The summed E-state index contributed by atoms with van der Waals surface area (Å²) in [6.45, 7) is 2.68. The van der Waals surface area contributed by atoms with E-state index >= 15 is 0 Å². The fourth-order valence-corrected chi connectivity index (χ4v) is 2.98. The third-order valence-electron chi connectivity index (χ3n) is 4.26. The van der Waals surface area contributed by atoms with E-state index in [1.54, 1.807) is 4.90 Å². The van der Waals surface area contributed by atoms with Gasteiger partial charge in [-0.1, -0.05) is 35.9 Å². The van der Waals surface area contributed by atoms with Gasteiger partial charge in [0.05, 0.1) is 0 Å². The fourth-order valence-electron chi connectivity index (χ4n) is 2.98. The van der Waals surface area contributed by atoms with Gasteiger partial charge in [0, 0.05) is 17.8 Å². The van der Waals surface area contributed by atoms with E-state index in [0.717, 1.165) is 29.7 Å². The number of amides is 1. The van der Waals surface area contributed by atoms with Crippen LogP contribution in [0.2, 0.25) is 0 Å². The Hall–Kier alpha value is -2.95. The lowest BCUT2D eigenvalue weighted by atomic mass is 10.0. The standard InChI is InChI=1S/C19H17N3O2/c1-13-8-10-15(11-9-13)17-20-21-18(24-17)19(23)22-12-4-6-14-5-2-3-7-16(14)22/h2-3,5,7-11H,4,6,12H2,1H3. The molecule has 0 bridgehead atoms. The highest BCUT2D eigenvalue weighted by Crippen LogP contribution is 2.28. The largest absolute Gasteiger partial charge is 0.412 e. The smallest absolute Gasteiger partial charge is 0.315 e. The van der Waals surface area contributed by atoms with Gasteiger partial charge < -0.3 is 9.32 Å². The van der Waals surface area contributed by atoms with Gasteiger partial charge in [0.25, 0.3) is 0 Å². The molecule has 0 atom stereocenters. The van der Waals surface area contributed by atoms with Gasteiger partial charge in [-0.3, -0.25) is 4.79 Å². The van der Waals surface area contributed by atoms with Crippen molar-refractivity contribution in [3.8, 4) is 11.5 Å². The van der Waals surface area contributed by atoms with Crippen LogP contribution < -0.4 is 4.90 Å². The van der Waals surface area contributed by atoms with E-state index in [2.05, 4.69) is 16.3 Å². The molecule has 0 radical (unpaired) electrons. The molecule has 1 amide bonds. The SMILES string of the molecule is Cc1ccc(-c2nnc(C(=O)N3CCCc4ccccc43)o2)cc1. The Morgan fingerprint density at radius 1 is 1.08 bits per heavy atom. The molecule has 5 heteroatoms. The Kier molecular flexibility index (Phi) is 3.61. The Morgan fingerprint density at radius 3 is 2.71 bits per heavy atom. The second kappa shape index (κ2) is 5.92. The summed E-state index contributed by atoms with van der Waals surface area (Å²) in [7, 11) is 0. The summed E-state index contributed by atoms with van der Waals surface area (Å²) in [5.74, 6) is 0.152. The van der Waals surface area contributed by atoms with Crippen molar-refractivity contribution in [1.82, 2.24) is 10.2 Å². The van der Waals surface area contributed by atoms with Crippen LogP contribution in [0.25, 0.3) is 11.5 Å². The molecule has 24 heavy (non-hydrogen) atoms. The third-order valence-corrected chi connectivity index (χ3v) is 4.26. The molecule has 0 aliphatic carbocycles. The molecule has 0 fully saturated rings. The van der Waals surface area contributed by atoms with E-state index in [9.17, 15) is 4.79 Å². The van der Waals surface area contributed by atoms with Gasteiger partial charge in [-0.25, -0.2) is 0 Å². The molecule has 3 aromatic rings. The maximum absolute atomic E-state index is 12.8. The highest BCUT2D eigenvalue weighted by molar-refractivity contribution is 6.03. The molecule has 2 heterocycles. The van der Waals surface area contributed by atoms with Crippen LogP contribution in [0.4, 0.5) is 5.69 Å². The molecule has 0 N–H and O–H groups in total. The number of hydrogen-bond acceptors (Lipinski definition) is 4. The molecule has 1 aromatic heterocycles. The quantitative estimate of drug-likeness (QED) is 0.723. The van der Waals surface area contributed by atoms with Crippen LogP contribution in [-0.2, 0) is 6.42 Å². The molecule has 2 aromatic carbocycles. The zero-order chi connectivity index (χ0) is 16.5. The second-order valence-electron chi connectivity index (χ2n) is 5.97. The van der Waals surface area contributed by atoms with E-state index in [0.29, 0.717) is 12.4 Å². The van der Waals surface area contributed by atoms with E-state index in [1.165, 1.54) is 5.56 Å². The van der Waals surface area contributed by atoms with Crippen LogP contribution >= 0.6 is 0 Å². The number of hydrogen-bond donors (Lipinski definition) is 0. The van der Waals surface area contributed by atoms with Gasteiger partial charge in [0.1, 0.15) is 0 Å². The van der Waals surface area contributed by atoms with Crippen molar-refractivity contribution in [2.24, 2.45) is 0 Å². The van der Waals surface area contributed by atoms with Gasteiger partial charge in [0.2, 0.25) is 5.89 Å². The van der Waals surface area contributed by atoms with Crippen molar-refractivity contribution in [1.29, 1.82) is 0 Å². The van der Waals surface area contributed by atoms with Crippen molar-refractivity contribution >= 4 is 11.6 Å². The zero-order valence-corrected chi connectivity index (χ0v) is 13.4. The van der Waals surface area contributed by atoms with Crippen LogP contribution in [-0.4, -0.2) is 22.6 Å². The monoisotopic (exact) mass is 319 g/mol. The topological polar surface area (TPSA) is 59.2 Å². The van der Waals surface area contributed by atoms with Gasteiger partial charge in [0.15, 0.2) is 0 Å². The van der Waals surface area contributed by atoms with Gasteiger partial charge in [-0.05, 0) is 43.5 Å². The number of anilines is 1. The number of fused-ring (bicyclic) bond motifs is 1. The zero-order valence-electron chi connectivity index (χ0n) is 13.4. The first kappa shape index (κ1) is 14.6. The average molecular weight is 319 g/mol. The fraction of sp³-hybridized carbons (Fsp3) is 0.211. The average Bonchev–Trinajstić information content (AvgIpc) is 3.11. The van der Waals surface area contributed by atoms with Crippen LogP contribution in [0.3, 0.4) is 0 Å². The molecule has 120 valence electrons. The summed E-state index contributed by atoms with van der Waals surface area (Å²) >= 11 is 0. The van der Waals surface area contributed by atoms with E-state index < -0.39 is 0 Å². The van der Waals surface area contributed by atoms with Gasteiger partial charge in [-0.2, -0.15) is 0 Å². The van der Waals surface area contributed by atoms with Gasteiger partial charge >= 0.3 is 11.8 Å². The molecule has 1 aliphatic rings. The summed E-state index contributed by atoms with van der Waals surface area (Å²) in [6, 6.07) is 15.7. The minimum atomic E-state index is -0.243. The summed E-state index contributed by atoms with van der Waals surface area (Å²) in [5.41, 5.74) is 4.07. The number of para-hydroxylation sites is 1. The Labute approximate surface area is 139 Å². The normalized spacial score (nSPS) is 13.6. The summed E-state index contributed by atoms with van der Waals surface area (Å²) in [4.78, 5) is 14.5. The summed E-state index contributed by atoms with van der Waals surface area (Å²) in [6.07, 6.45) is 1.92. The second-order valence-corrected chi connectivity index (χ2v) is 5.97. The van der Waals surface area contributed by atoms with E-state index in [4.69, 9.17) is 4.42 Å². The van der Waals surface area contributed by atoms with Crippen LogP contribution in [0.5, 0.6) is 0 Å².